The smallest absolute Gasteiger partial charge is 0.137 e. The van der Waals surface area contributed by atoms with Gasteiger partial charge in [0.1, 0.15) is 17.5 Å². The molecule has 112 valence electrons. The highest BCUT2D eigenvalue weighted by molar-refractivity contribution is 5.58. The molecule has 1 fully saturated rings. The number of nitrogens with one attached hydrogen (secondary N) is 1. The third-order valence-electron chi connectivity index (χ3n) is 4.00. The van der Waals surface area contributed by atoms with Crippen LogP contribution < -0.4 is 10.2 Å². The molecule has 5 nitrogen and oxygen atoms in total. The van der Waals surface area contributed by atoms with E-state index < -0.39 is 0 Å². The highest BCUT2D eigenvalue weighted by Gasteiger charge is 2.22. The van der Waals surface area contributed by atoms with E-state index in [-0.39, 0.29) is 0 Å². The Labute approximate surface area is 121 Å². The van der Waals surface area contributed by atoms with Gasteiger partial charge in [-0.15, -0.1) is 0 Å². The van der Waals surface area contributed by atoms with Crippen LogP contribution in [0.1, 0.15) is 38.1 Å². The van der Waals surface area contributed by atoms with Crippen LogP contribution in [-0.2, 0) is 6.42 Å². The van der Waals surface area contributed by atoms with Crippen LogP contribution in [0, 0.1) is 12.8 Å². The molecule has 20 heavy (non-hydrogen) atoms. The molecule has 0 atom stereocenters. The lowest BCUT2D eigenvalue weighted by atomic mass is 9.97. The van der Waals surface area contributed by atoms with Crippen LogP contribution in [0.5, 0.6) is 0 Å². The van der Waals surface area contributed by atoms with E-state index in [0.717, 1.165) is 61.9 Å². The number of aromatic nitrogens is 2. The van der Waals surface area contributed by atoms with Crippen molar-refractivity contribution >= 4 is 11.6 Å². The average Bonchev–Trinajstić information content (AvgIpc) is 2.49. The zero-order valence-electron chi connectivity index (χ0n) is 12.8. The zero-order chi connectivity index (χ0) is 14.5. The standard InChI is InChI=1S/C15H26N4O/c1-4-13-17-14(16-5-2)11(3)15(18-13)19-8-6-12(10-20)7-9-19/h12,20H,4-10H2,1-3H3,(H,16,17,18). The van der Waals surface area contributed by atoms with Crippen molar-refractivity contribution in [1.29, 1.82) is 0 Å². The summed E-state index contributed by atoms with van der Waals surface area (Å²) in [5.74, 6) is 3.36. The molecule has 0 saturated carbocycles. The van der Waals surface area contributed by atoms with Gasteiger partial charge in [-0.1, -0.05) is 6.92 Å². The van der Waals surface area contributed by atoms with Gasteiger partial charge in [-0.05, 0) is 32.6 Å². The monoisotopic (exact) mass is 278 g/mol. The molecular weight excluding hydrogens is 252 g/mol. The second-order valence-electron chi connectivity index (χ2n) is 5.43. The predicted octanol–water partition coefficient (Wildman–Crippen LogP) is 1.99. The van der Waals surface area contributed by atoms with Crippen molar-refractivity contribution in [2.75, 3.05) is 36.5 Å². The van der Waals surface area contributed by atoms with Crippen LogP contribution >= 0.6 is 0 Å². The Balaban J connectivity index is 2.24. The van der Waals surface area contributed by atoms with Crippen LogP contribution in [0.25, 0.3) is 0 Å². The number of hydrogen-bond acceptors (Lipinski definition) is 5. The first-order chi connectivity index (χ1) is 9.69. The maximum atomic E-state index is 9.24. The van der Waals surface area contributed by atoms with Gasteiger partial charge < -0.3 is 15.3 Å². The van der Waals surface area contributed by atoms with Gasteiger partial charge in [0.15, 0.2) is 0 Å². The quantitative estimate of drug-likeness (QED) is 0.862. The number of aryl methyl sites for hydroxylation is 1. The molecule has 5 heteroatoms. The lowest BCUT2D eigenvalue weighted by molar-refractivity contribution is 0.202. The average molecular weight is 278 g/mol. The zero-order valence-corrected chi connectivity index (χ0v) is 12.8. The first-order valence-corrected chi connectivity index (χ1v) is 7.66. The molecule has 2 heterocycles. The second-order valence-corrected chi connectivity index (χ2v) is 5.43. The molecule has 1 saturated heterocycles. The first-order valence-electron chi connectivity index (χ1n) is 7.66. The van der Waals surface area contributed by atoms with Gasteiger partial charge in [0.25, 0.3) is 0 Å². The molecule has 1 aromatic rings. The van der Waals surface area contributed by atoms with Gasteiger partial charge in [-0.25, -0.2) is 9.97 Å². The predicted molar refractivity (Wildman–Crippen MR) is 82.3 cm³/mol. The fraction of sp³-hybridized carbons (Fsp3) is 0.733. The molecule has 1 aliphatic rings. The molecule has 0 bridgehead atoms. The van der Waals surface area contributed by atoms with E-state index in [1.165, 1.54) is 0 Å². The van der Waals surface area contributed by atoms with E-state index in [9.17, 15) is 5.11 Å². The van der Waals surface area contributed by atoms with Crippen molar-refractivity contribution in [3.8, 4) is 0 Å². The number of piperidine rings is 1. The summed E-state index contributed by atoms with van der Waals surface area (Å²) in [5, 5.41) is 12.6. The van der Waals surface area contributed by atoms with Crippen LogP contribution in [0.4, 0.5) is 11.6 Å². The normalized spacial score (nSPS) is 16.5. The molecule has 0 aliphatic carbocycles. The first kappa shape index (κ1) is 15.0. The minimum absolute atomic E-state index is 0.305. The molecule has 1 aliphatic heterocycles. The van der Waals surface area contributed by atoms with Crippen LogP contribution in [0.3, 0.4) is 0 Å². The van der Waals surface area contributed by atoms with Gasteiger partial charge in [0.2, 0.25) is 0 Å². The summed E-state index contributed by atoms with van der Waals surface area (Å²) in [5.41, 5.74) is 1.13. The Morgan fingerprint density at radius 2 is 1.95 bits per heavy atom. The van der Waals surface area contributed by atoms with Gasteiger partial charge in [-0.3, -0.25) is 0 Å². The molecule has 1 aromatic heterocycles. The Hall–Kier alpha value is -1.36. The summed E-state index contributed by atoms with van der Waals surface area (Å²) in [7, 11) is 0. The Morgan fingerprint density at radius 3 is 2.50 bits per heavy atom. The van der Waals surface area contributed by atoms with E-state index in [2.05, 4.69) is 36.0 Å². The van der Waals surface area contributed by atoms with Crippen molar-refractivity contribution in [2.45, 2.75) is 40.0 Å². The molecule has 0 aromatic carbocycles. The summed E-state index contributed by atoms with van der Waals surface area (Å²) in [4.78, 5) is 11.6. The van der Waals surface area contributed by atoms with E-state index in [4.69, 9.17) is 4.98 Å². The van der Waals surface area contributed by atoms with Crippen LogP contribution in [0.2, 0.25) is 0 Å². The molecule has 0 unspecified atom stereocenters. The maximum absolute atomic E-state index is 9.24. The fourth-order valence-electron chi connectivity index (χ4n) is 2.68. The minimum atomic E-state index is 0.305. The van der Waals surface area contributed by atoms with Crippen molar-refractivity contribution in [2.24, 2.45) is 5.92 Å². The van der Waals surface area contributed by atoms with Gasteiger partial charge in [0.05, 0.1) is 0 Å². The third-order valence-corrected chi connectivity index (χ3v) is 4.00. The van der Waals surface area contributed by atoms with Crippen molar-refractivity contribution in [3.63, 3.8) is 0 Å². The minimum Gasteiger partial charge on any atom is -0.396 e. The fourth-order valence-corrected chi connectivity index (χ4v) is 2.68. The second kappa shape index (κ2) is 6.88. The molecular formula is C15H26N4O. The number of aliphatic hydroxyl groups excluding tert-OH is 1. The molecule has 2 rings (SSSR count). The molecule has 0 amide bonds. The SMILES string of the molecule is CCNc1nc(CC)nc(N2CCC(CO)CC2)c1C. The number of nitrogens with zero attached hydrogens (tertiary/aromatic N) is 3. The van der Waals surface area contributed by atoms with E-state index in [1.54, 1.807) is 0 Å². The summed E-state index contributed by atoms with van der Waals surface area (Å²) in [6.07, 6.45) is 2.93. The van der Waals surface area contributed by atoms with Gasteiger partial charge >= 0.3 is 0 Å². The van der Waals surface area contributed by atoms with E-state index in [1.807, 2.05) is 0 Å². The lowest BCUT2D eigenvalue weighted by Gasteiger charge is -2.33. The summed E-state index contributed by atoms with van der Waals surface area (Å²) in [6, 6.07) is 0. The third kappa shape index (κ3) is 3.20. The lowest BCUT2D eigenvalue weighted by Crippen LogP contribution is -2.36. The van der Waals surface area contributed by atoms with Crippen molar-refractivity contribution in [3.05, 3.63) is 11.4 Å². The maximum Gasteiger partial charge on any atom is 0.137 e. The Kier molecular flexibility index (Phi) is 5.17. The van der Waals surface area contributed by atoms with E-state index in [0.29, 0.717) is 12.5 Å². The summed E-state index contributed by atoms with van der Waals surface area (Å²) >= 11 is 0. The van der Waals surface area contributed by atoms with Gasteiger partial charge in [-0.2, -0.15) is 0 Å². The number of rotatable bonds is 5. The largest absolute Gasteiger partial charge is 0.396 e. The number of hydrogen-bond donors (Lipinski definition) is 2. The molecule has 0 radical (unpaired) electrons. The highest BCUT2D eigenvalue weighted by Crippen LogP contribution is 2.27. The van der Waals surface area contributed by atoms with Crippen LogP contribution in [0.15, 0.2) is 0 Å². The number of anilines is 2. The number of aliphatic hydroxyl groups is 1. The van der Waals surface area contributed by atoms with Gasteiger partial charge in [0, 0.05) is 38.2 Å². The Morgan fingerprint density at radius 1 is 1.25 bits per heavy atom. The summed E-state index contributed by atoms with van der Waals surface area (Å²) < 4.78 is 0. The van der Waals surface area contributed by atoms with Crippen molar-refractivity contribution < 1.29 is 5.11 Å². The van der Waals surface area contributed by atoms with Crippen molar-refractivity contribution in [1.82, 2.24) is 9.97 Å². The highest BCUT2D eigenvalue weighted by atomic mass is 16.3. The summed E-state index contributed by atoms with van der Waals surface area (Å²) in [6.45, 7) is 9.37. The molecule has 0 spiro atoms. The topological polar surface area (TPSA) is 61.3 Å². The van der Waals surface area contributed by atoms with Crippen LogP contribution in [-0.4, -0.2) is 41.3 Å². The molecule has 2 N–H and O–H groups in total. The Bertz CT molecular complexity index is 442. The van der Waals surface area contributed by atoms with E-state index >= 15 is 0 Å².